The van der Waals surface area contributed by atoms with Gasteiger partial charge in [0, 0.05) is 55.4 Å². The van der Waals surface area contributed by atoms with Gasteiger partial charge in [-0.05, 0) is 77.4 Å². The third-order valence-corrected chi connectivity index (χ3v) is 14.1. The molecule has 2 atom stereocenters. The van der Waals surface area contributed by atoms with Gasteiger partial charge in [-0.2, -0.15) is 0 Å². The van der Waals surface area contributed by atoms with Crippen molar-refractivity contribution in [2.75, 3.05) is 0 Å². The Morgan fingerprint density at radius 2 is 1.00 bits per heavy atom. The van der Waals surface area contributed by atoms with Gasteiger partial charge in [0.2, 0.25) is 0 Å². The molecule has 14 rings (SSSR count). The van der Waals surface area contributed by atoms with Gasteiger partial charge < -0.3 is 13.6 Å². The molecule has 0 aliphatic heterocycles. The number of fused-ring (bicyclic) bond motifs is 11. The molecule has 0 saturated carbocycles. The van der Waals surface area contributed by atoms with Crippen molar-refractivity contribution in [2.24, 2.45) is 0 Å². The summed E-state index contributed by atoms with van der Waals surface area (Å²) in [5.41, 5.74) is 15.8. The van der Waals surface area contributed by atoms with Crippen LogP contribution in [-0.4, -0.2) is 19.1 Å². The Morgan fingerprint density at radius 3 is 1.68 bits per heavy atom. The Morgan fingerprint density at radius 1 is 0.435 bits per heavy atom. The van der Waals surface area contributed by atoms with Crippen LogP contribution < -0.4 is 0 Å². The summed E-state index contributed by atoms with van der Waals surface area (Å²) in [5.74, 6) is 0.575. The lowest BCUT2D eigenvalue weighted by atomic mass is 9.78. The SMILES string of the molecule is C1=C(c2nc(-c3ccccc3)cc(-c3ccccc3)n2)C=C(c2ccccc2)C(n2c3ccccc3c3c4oc5ccc6c7ccccc7n(-c7ccccc7)c6c5c4ccc32)C1c1ccccc1. The molecular formula is C64H42N4O. The molecule has 0 fully saturated rings. The zero-order valence-electron chi connectivity index (χ0n) is 37.4. The minimum atomic E-state index is -0.166. The lowest BCUT2D eigenvalue weighted by molar-refractivity contribution is 0.593. The highest BCUT2D eigenvalue weighted by Crippen LogP contribution is 2.51. The first kappa shape index (κ1) is 39.1. The molecule has 13 aromatic rings. The van der Waals surface area contributed by atoms with Crippen molar-refractivity contribution in [3.63, 3.8) is 0 Å². The van der Waals surface area contributed by atoms with Crippen LogP contribution in [0.25, 0.3) is 105 Å². The van der Waals surface area contributed by atoms with Crippen molar-refractivity contribution < 1.29 is 4.42 Å². The van der Waals surface area contributed by atoms with Gasteiger partial charge in [-0.1, -0.05) is 182 Å². The normalized spacial score (nSPS) is 15.1. The minimum absolute atomic E-state index is 0.114. The zero-order chi connectivity index (χ0) is 45.4. The molecule has 324 valence electrons. The summed E-state index contributed by atoms with van der Waals surface area (Å²) in [7, 11) is 0. The largest absolute Gasteiger partial charge is 0.455 e. The number of aromatic nitrogens is 4. The number of para-hydroxylation sites is 3. The number of furan rings is 1. The molecule has 0 radical (unpaired) electrons. The predicted molar refractivity (Wildman–Crippen MR) is 285 cm³/mol. The van der Waals surface area contributed by atoms with Crippen molar-refractivity contribution in [1.29, 1.82) is 0 Å². The fourth-order valence-electron chi connectivity index (χ4n) is 11.1. The van der Waals surface area contributed by atoms with Crippen molar-refractivity contribution in [1.82, 2.24) is 19.1 Å². The standard InChI is InChI=1S/C64H42N4O/c1-6-20-41(21-7-1)51-38-45(64-65-53(43-24-10-3-11-25-43)40-54(66-64)44-26-12-4-13-27-44)39-52(42-22-8-2-9-23-42)61(51)68-56-33-19-17-31-49(56)59-57(68)36-34-50-60-58(69-63(50)59)37-35-48-47-30-16-18-32-55(47)67(62(48)60)46-28-14-5-15-29-46/h1-40,51,61H. The highest BCUT2D eigenvalue weighted by molar-refractivity contribution is 6.29. The van der Waals surface area contributed by atoms with E-state index in [1.54, 1.807) is 0 Å². The average molecular weight is 883 g/mol. The molecule has 5 heteroatoms. The molecular weight excluding hydrogens is 841 g/mol. The Labute approximate surface area is 398 Å². The van der Waals surface area contributed by atoms with E-state index in [2.05, 4.69) is 240 Å². The maximum Gasteiger partial charge on any atom is 0.160 e. The molecule has 69 heavy (non-hydrogen) atoms. The van der Waals surface area contributed by atoms with E-state index in [4.69, 9.17) is 14.4 Å². The summed E-state index contributed by atoms with van der Waals surface area (Å²) >= 11 is 0. The van der Waals surface area contributed by atoms with Crippen molar-refractivity contribution in [3.8, 4) is 28.2 Å². The third kappa shape index (κ3) is 6.24. The van der Waals surface area contributed by atoms with Gasteiger partial charge in [0.15, 0.2) is 5.82 Å². The van der Waals surface area contributed by atoms with E-state index in [9.17, 15) is 0 Å². The van der Waals surface area contributed by atoms with E-state index >= 15 is 0 Å². The number of rotatable bonds is 7. The van der Waals surface area contributed by atoms with Crippen LogP contribution in [0.1, 0.15) is 28.9 Å². The zero-order valence-corrected chi connectivity index (χ0v) is 37.4. The fraction of sp³-hybridized carbons (Fsp3) is 0.0312. The maximum atomic E-state index is 7.19. The smallest absolute Gasteiger partial charge is 0.160 e. The molecule has 4 aromatic heterocycles. The first-order valence-electron chi connectivity index (χ1n) is 23.6. The van der Waals surface area contributed by atoms with Gasteiger partial charge in [0.1, 0.15) is 11.2 Å². The summed E-state index contributed by atoms with van der Waals surface area (Å²) in [5, 5.41) is 6.89. The van der Waals surface area contributed by atoms with Gasteiger partial charge in [0.25, 0.3) is 0 Å². The highest BCUT2D eigenvalue weighted by atomic mass is 16.3. The van der Waals surface area contributed by atoms with Crippen LogP contribution in [0, 0.1) is 0 Å². The van der Waals surface area contributed by atoms with Crippen LogP contribution in [-0.2, 0) is 0 Å². The number of benzene rings is 9. The van der Waals surface area contributed by atoms with Crippen molar-refractivity contribution in [3.05, 3.63) is 260 Å². The predicted octanol–water partition coefficient (Wildman–Crippen LogP) is 16.4. The molecule has 4 heterocycles. The Bertz CT molecular complexity index is 4110. The van der Waals surface area contributed by atoms with Gasteiger partial charge in [-0.25, -0.2) is 9.97 Å². The van der Waals surface area contributed by atoms with Crippen molar-refractivity contribution in [2.45, 2.75) is 12.0 Å². The molecule has 1 aliphatic carbocycles. The highest BCUT2D eigenvalue weighted by Gasteiger charge is 2.35. The van der Waals surface area contributed by atoms with Gasteiger partial charge in [-0.3, -0.25) is 0 Å². The number of hydrogen-bond acceptors (Lipinski definition) is 3. The van der Waals surface area contributed by atoms with Crippen LogP contribution >= 0.6 is 0 Å². The monoisotopic (exact) mass is 882 g/mol. The summed E-state index contributed by atoms with van der Waals surface area (Å²) in [6, 6.07) is 81.9. The van der Waals surface area contributed by atoms with E-state index in [0.29, 0.717) is 5.82 Å². The minimum Gasteiger partial charge on any atom is -0.455 e. The molecule has 2 unspecified atom stereocenters. The number of allylic oxidation sites excluding steroid dienone is 4. The van der Waals surface area contributed by atoms with Gasteiger partial charge >= 0.3 is 0 Å². The topological polar surface area (TPSA) is 48.8 Å². The Balaban J connectivity index is 1.04. The number of hydrogen-bond donors (Lipinski definition) is 0. The third-order valence-electron chi connectivity index (χ3n) is 14.1. The second-order valence-corrected chi connectivity index (χ2v) is 18.0. The van der Waals surface area contributed by atoms with Crippen LogP contribution in [0.2, 0.25) is 0 Å². The number of nitrogens with zero attached hydrogens (tertiary/aromatic N) is 4. The summed E-state index contributed by atoms with van der Waals surface area (Å²) in [6.45, 7) is 0. The van der Waals surface area contributed by atoms with E-state index in [-0.39, 0.29) is 12.0 Å². The Kier molecular flexibility index (Phi) is 8.96. The molecule has 1 aliphatic rings. The van der Waals surface area contributed by atoms with E-state index < -0.39 is 0 Å². The molecule has 0 saturated heterocycles. The van der Waals surface area contributed by atoms with Crippen LogP contribution in [0.15, 0.2) is 247 Å². The summed E-state index contributed by atoms with van der Waals surface area (Å²) < 4.78 is 12.2. The fourth-order valence-corrected chi connectivity index (χ4v) is 11.1. The van der Waals surface area contributed by atoms with Crippen LogP contribution in [0.4, 0.5) is 0 Å². The van der Waals surface area contributed by atoms with E-state index in [1.165, 1.54) is 27.4 Å². The second-order valence-electron chi connectivity index (χ2n) is 18.0. The molecule has 0 N–H and O–H groups in total. The molecule has 0 bridgehead atoms. The van der Waals surface area contributed by atoms with E-state index in [1.807, 2.05) is 12.1 Å². The molecule has 0 amide bonds. The Hall–Kier alpha value is -9.06. The van der Waals surface area contributed by atoms with Crippen molar-refractivity contribution >= 4 is 76.7 Å². The lowest BCUT2D eigenvalue weighted by Crippen LogP contribution is -2.22. The van der Waals surface area contributed by atoms with Gasteiger partial charge in [0.05, 0.1) is 44.8 Å². The summed E-state index contributed by atoms with van der Waals surface area (Å²) in [6.07, 6.45) is 4.75. The molecule has 0 spiro atoms. The average Bonchev–Trinajstić information content (AvgIpc) is 4.09. The first-order valence-corrected chi connectivity index (χ1v) is 23.6. The van der Waals surface area contributed by atoms with E-state index in [0.717, 1.165) is 88.6 Å². The molecule has 5 nitrogen and oxygen atoms in total. The maximum absolute atomic E-state index is 7.19. The quantitative estimate of drug-likeness (QED) is 0.160. The second kappa shape index (κ2) is 15.8. The van der Waals surface area contributed by atoms with Crippen LogP contribution in [0.3, 0.4) is 0 Å². The van der Waals surface area contributed by atoms with Gasteiger partial charge in [-0.15, -0.1) is 0 Å². The summed E-state index contributed by atoms with van der Waals surface area (Å²) in [4.78, 5) is 10.7. The first-order chi connectivity index (χ1) is 34.2. The molecule has 9 aromatic carbocycles. The van der Waals surface area contributed by atoms with Crippen LogP contribution in [0.5, 0.6) is 0 Å². The lowest BCUT2D eigenvalue weighted by Gasteiger charge is -2.34.